The molecule has 2 aromatic carbocycles. The highest BCUT2D eigenvalue weighted by Gasteiger charge is 2.25. The van der Waals surface area contributed by atoms with Crippen LogP contribution < -0.4 is 0 Å². The van der Waals surface area contributed by atoms with Gasteiger partial charge in [0.1, 0.15) is 12.2 Å². The normalized spacial score (nSPS) is 13.7. The van der Waals surface area contributed by atoms with E-state index in [1.54, 1.807) is 12.1 Å². The van der Waals surface area contributed by atoms with Gasteiger partial charge in [-0.05, 0) is 18.1 Å². The number of benzene rings is 2. The lowest BCUT2D eigenvalue weighted by molar-refractivity contribution is -0.138. The number of rotatable bonds is 6. The molecule has 1 N–H and O–H groups in total. The Kier molecular flexibility index (Phi) is 5.04. The topological polar surface area (TPSA) is 46.5 Å². The lowest BCUT2D eigenvalue weighted by atomic mass is 10.0. The molecular weight excluding hydrogens is 252 g/mol. The number of Topliss-reactive ketones (excluding diaryl/α,β-unsaturated/α-hetero) is 1. The van der Waals surface area contributed by atoms with Crippen LogP contribution in [0.1, 0.15) is 24.2 Å². The van der Waals surface area contributed by atoms with Crippen molar-refractivity contribution in [3.63, 3.8) is 0 Å². The zero-order chi connectivity index (χ0) is 14.4. The Hall–Kier alpha value is -1.97. The fourth-order valence-corrected chi connectivity index (χ4v) is 2.02. The van der Waals surface area contributed by atoms with Crippen LogP contribution in [0.15, 0.2) is 60.7 Å². The number of hydrogen-bond acceptors (Lipinski definition) is 3. The van der Waals surface area contributed by atoms with E-state index in [1.165, 1.54) is 6.92 Å². The molecule has 3 nitrogen and oxygen atoms in total. The molecular formula is C17H18O3. The third-order valence-electron chi connectivity index (χ3n) is 3.10. The van der Waals surface area contributed by atoms with Crippen molar-refractivity contribution < 1.29 is 14.6 Å². The average molecular weight is 270 g/mol. The molecule has 0 aromatic heterocycles. The predicted octanol–water partition coefficient (Wildman–Crippen LogP) is 2.89. The van der Waals surface area contributed by atoms with Crippen molar-refractivity contribution in [1.29, 1.82) is 0 Å². The highest BCUT2D eigenvalue weighted by Crippen LogP contribution is 2.20. The van der Waals surface area contributed by atoms with Crippen LogP contribution in [0.5, 0.6) is 0 Å². The van der Waals surface area contributed by atoms with E-state index in [0.717, 1.165) is 5.56 Å². The highest BCUT2D eigenvalue weighted by molar-refractivity contribution is 5.81. The first-order valence-electron chi connectivity index (χ1n) is 6.57. The van der Waals surface area contributed by atoms with Crippen LogP contribution in [0.4, 0.5) is 0 Å². The summed E-state index contributed by atoms with van der Waals surface area (Å²) >= 11 is 0. The van der Waals surface area contributed by atoms with Gasteiger partial charge >= 0.3 is 0 Å². The Bertz CT molecular complexity index is 537. The summed E-state index contributed by atoms with van der Waals surface area (Å²) in [6.45, 7) is 1.73. The van der Waals surface area contributed by atoms with E-state index in [9.17, 15) is 9.90 Å². The Labute approximate surface area is 118 Å². The van der Waals surface area contributed by atoms with Gasteiger partial charge < -0.3 is 9.84 Å². The standard InChI is InChI=1S/C17H18O3/c1-13(18)17(16(19)15-10-6-3-7-11-15)20-12-14-8-4-2-5-9-14/h2-11,16-17,19H,12H2,1H3/t16-,17-/m1/s1. The molecule has 0 spiro atoms. The van der Waals surface area contributed by atoms with Crippen LogP contribution in [0.2, 0.25) is 0 Å². The second-order valence-electron chi connectivity index (χ2n) is 4.68. The summed E-state index contributed by atoms with van der Waals surface area (Å²) in [5.74, 6) is -0.183. The van der Waals surface area contributed by atoms with Crippen molar-refractivity contribution in [3.8, 4) is 0 Å². The zero-order valence-corrected chi connectivity index (χ0v) is 11.4. The van der Waals surface area contributed by atoms with Gasteiger partial charge in [-0.2, -0.15) is 0 Å². The highest BCUT2D eigenvalue weighted by atomic mass is 16.5. The summed E-state index contributed by atoms with van der Waals surface area (Å²) in [6, 6.07) is 18.7. The third kappa shape index (κ3) is 3.76. The Morgan fingerprint density at radius 1 is 1.05 bits per heavy atom. The first-order valence-corrected chi connectivity index (χ1v) is 6.57. The fraction of sp³-hybridized carbons (Fsp3) is 0.235. The first-order chi connectivity index (χ1) is 9.68. The lowest BCUT2D eigenvalue weighted by Gasteiger charge is -2.21. The van der Waals surface area contributed by atoms with Crippen molar-refractivity contribution in [1.82, 2.24) is 0 Å². The molecule has 0 aliphatic rings. The Balaban J connectivity index is 2.06. The molecule has 0 aliphatic heterocycles. The number of ketones is 1. The molecule has 2 aromatic rings. The van der Waals surface area contributed by atoms with E-state index in [2.05, 4.69) is 0 Å². The van der Waals surface area contributed by atoms with E-state index >= 15 is 0 Å². The fourth-order valence-electron chi connectivity index (χ4n) is 2.02. The van der Waals surface area contributed by atoms with Crippen molar-refractivity contribution in [2.75, 3.05) is 0 Å². The molecule has 0 unspecified atom stereocenters. The summed E-state index contributed by atoms with van der Waals surface area (Å²) < 4.78 is 5.61. The summed E-state index contributed by atoms with van der Waals surface area (Å²) in [6.07, 6.45) is -1.80. The number of hydrogen-bond donors (Lipinski definition) is 1. The first kappa shape index (κ1) is 14.4. The maximum Gasteiger partial charge on any atom is 0.161 e. The number of carbonyl (C=O) groups excluding carboxylic acids is 1. The molecule has 2 rings (SSSR count). The van der Waals surface area contributed by atoms with Gasteiger partial charge in [-0.3, -0.25) is 4.79 Å². The van der Waals surface area contributed by atoms with E-state index < -0.39 is 12.2 Å². The van der Waals surface area contributed by atoms with Gasteiger partial charge in [-0.15, -0.1) is 0 Å². The smallest absolute Gasteiger partial charge is 0.161 e. The van der Waals surface area contributed by atoms with Crippen LogP contribution in [-0.4, -0.2) is 17.0 Å². The Morgan fingerprint density at radius 3 is 2.15 bits per heavy atom. The largest absolute Gasteiger partial charge is 0.385 e. The van der Waals surface area contributed by atoms with Gasteiger partial charge in [0.05, 0.1) is 6.61 Å². The molecule has 0 fully saturated rings. The minimum Gasteiger partial charge on any atom is -0.385 e. The molecule has 0 saturated heterocycles. The van der Waals surface area contributed by atoms with Crippen LogP contribution >= 0.6 is 0 Å². The Morgan fingerprint density at radius 2 is 1.60 bits per heavy atom. The summed E-state index contributed by atoms with van der Waals surface area (Å²) in [5.41, 5.74) is 1.65. The summed E-state index contributed by atoms with van der Waals surface area (Å²) in [4.78, 5) is 11.7. The van der Waals surface area contributed by atoms with E-state index in [0.29, 0.717) is 12.2 Å². The molecule has 0 radical (unpaired) electrons. The van der Waals surface area contributed by atoms with Gasteiger partial charge in [0.15, 0.2) is 5.78 Å². The molecule has 0 amide bonds. The van der Waals surface area contributed by atoms with Crippen molar-refractivity contribution in [3.05, 3.63) is 71.8 Å². The maximum atomic E-state index is 11.7. The SMILES string of the molecule is CC(=O)[C@@H](OCc1ccccc1)[C@H](O)c1ccccc1. The van der Waals surface area contributed by atoms with Gasteiger partial charge in [0.2, 0.25) is 0 Å². The van der Waals surface area contributed by atoms with Crippen molar-refractivity contribution in [2.45, 2.75) is 25.7 Å². The van der Waals surface area contributed by atoms with Gasteiger partial charge in [-0.1, -0.05) is 60.7 Å². The maximum absolute atomic E-state index is 11.7. The predicted molar refractivity (Wildman–Crippen MR) is 77.1 cm³/mol. The average Bonchev–Trinajstić information content (AvgIpc) is 2.49. The lowest BCUT2D eigenvalue weighted by Crippen LogP contribution is -2.29. The summed E-state index contributed by atoms with van der Waals surface area (Å²) in [7, 11) is 0. The summed E-state index contributed by atoms with van der Waals surface area (Å²) in [5, 5.41) is 10.3. The van der Waals surface area contributed by atoms with Crippen LogP contribution in [0.3, 0.4) is 0 Å². The number of aliphatic hydroxyl groups excluding tert-OH is 1. The molecule has 20 heavy (non-hydrogen) atoms. The van der Waals surface area contributed by atoms with Crippen molar-refractivity contribution in [2.24, 2.45) is 0 Å². The number of ether oxygens (including phenoxy) is 1. The van der Waals surface area contributed by atoms with E-state index in [1.807, 2.05) is 48.5 Å². The van der Waals surface area contributed by atoms with Crippen LogP contribution in [0.25, 0.3) is 0 Å². The monoisotopic (exact) mass is 270 g/mol. The third-order valence-corrected chi connectivity index (χ3v) is 3.10. The molecule has 0 saturated carbocycles. The second kappa shape index (κ2) is 6.98. The van der Waals surface area contributed by atoms with Gasteiger partial charge in [0.25, 0.3) is 0 Å². The van der Waals surface area contributed by atoms with Crippen LogP contribution in [-0.2, 0) is 16.1 Å². The quantitative estimate of drug-likeness (QED) is 0.878. The van der Waals surface area contributed by atoms with E-state index in [-0.39, 0.29) is 5.78 Å². The molecule has 2 atom stereocenters. The number of carbonyl (C=O) groups is 1. The molecule has 3 heteroatoms. The van der Waals surface area contributed by atoms with Gasteiger partial charge in [-0.25, -0.2) is 0 Å². The minimum atomic E-state index is -0.947. The van der Waals surface area contributed by atoms with Gasteiger partial charge in [0, 0.05) is 0 Å². The molecule has 0 aliphatic carbocycles. The zero-order valence-electron chi connectivity index (χ0n) is 11.4. The van der Waals surface area contributed by atoms with E-state index in [4.69, 9.17) is 4.74 Å². The van der Waals surface area contributed by atoms with Crippen LogP contribution in [0, 0.1) is 0 Å². The minimum absolute atomic E-state index is 0.183. The molecule has 104 valence electrons. The molecule has 0 bridgehead atoms. The molecule has 0 heterocycles. The second-order valence-corrected chi connectivity index (χ2v) is 4.68. The number of aliphatic hydroxyl groups is 1. The van der Waals surface area contributed by atoms with Crippen molar-refractivity contribution >= 4 is 5.78 Å².